The Morgan fingerprint density at radius 2 is 1.69 bits per heavy atom. The third kappa shape index (κ3) is 4.92. The van der Waals surface area contributed by atoms with Crippen molar-refractivity contribution in [2.45, 2.75) is 25.2 Å². The van der Waals surface area contributed by atoms with Crippen LogP contribution in [0.4, 0.5) is 0 Å². The van der Waals surface area contributed by atoms with Gasteiger partial charge in [-0.1, -0.05) is 48.0 Å². The van der Waals surface area contributed by atoms with Gasteiger partial charge in [0, 0.05) is 0 Å². The summed E-state index contributed by atoms with van der Waals surface area (Å²) < 4.78 is 31.5. The fourth-order valence-corrected chi connectivity index (χ4v) is 3.53. The van der Waals surface area contributed by atoms with Crippen LogP contribution in [0.3, 0.4) is 0 Å². The molecule has 0 aliphatic carbocycles. The van der Waals surface area contributed by atoms with Gasteiger partial charge in [-0.25, -0.2) is 0 Å². The molecule has 0 amide bonds. The van der Waals surface area contributed by atoms with Crippen LogP contribution in [0.1, 0.15) is 24.5 Å². The van der Waals surface area contributed by atoms with Crippen LogP contribution in [0.2, 0.25) is 0 Å². The molecule has 0 aliphatic rings. The first-order valence-electron chi connectivity index (χ1n) is 8.11. The number of rotatable bonds is 7. The van der Waals surface area contributed by atoms with Gasteiger partial charge in [-0.2, -0.15) is 17.9 Å². The van der Waals surface area contributed by atoms with E-state index in [0.29, 0.717) is 5.71 Å². The van der Waals surface area contributed by atoms with E-state index in [-0.39, 0.29) is 17.9 Å². The Bertz CT molecular complexity index is 876. The Labute approximate surface area is 154 Å². The summed E-state index contributed by atoms with van der Waals surface area (Å²) in [6.07, 6.45) is -0.0901. The Kier molecular flexibility index (Phi) is 6.52. The number of sulfonamides is 1. The molecule has 0 saturated carbocycles. The van der Waals surface area contributed by atoms with Gasteiger partial charge in [-0.15, -0.1) is 0 Å². The van der Waals surface area contributed by atoms with E-state index in [1.807, 2.05) is 37.3 Å². The lowest BCUT2D eigenvalue weighted by atomic mass is 10.1. The van der Waals surface area contributed by atoms with Gasteiger partial charge < -0.3 is 4.74 Å². The molecule has 7 heteroatoms. The number of carbonyl (C=O) groups excluding carboxylic acids is 1. The van der Waals surface area contributed by atoms with Gasteiger partial charge in [0.25, 0.3) is 10.0 Å². The van der Waals surface area contributed by atoms with Crippen LogP contribution in [-0.4, -0.2) is 38.2 Å². The number of benzene rings is 2. The molecule has 0 bridgehead atoms. The minimum Gasteiger partial charge on any atom is -0.469 e. The van der Waals surface area contributed by atoms with E-state index in [2.05, 4.69) is 9.84 Å². The van der Waals surface area contributed by atoms with Crippen LogP contribution in [0.15, 0.2) is 64.6 Å². The minimum absolute atomic E-state index is 0.0901. The van der Waals surface area contributed by atoms with E-state index in [9.17, 15) is 13.2 Å². The molecule has 138 valence electrons. The van der Waals surface area contributed by atoms with Gasteiger partial charge >= 0.3 is 5.97 Å². The minimum atomic E-state index is -3.89. The molecule has 0 saturated heterocycles. The fourth-order valence-electron chi connectivity index (χ4n) is 2.25. The van der Waals surface area contributed by atoms with Crippen molar-refractivity contribution in [3.8, 4) is 0 Å². The zero-order valence-electron chi connectivity index (χ0n) is 15.0. The third-order valence-electron chi connectivity index (χ3n) is 3.78. The van der Waals surface area contributed by atoms with Gasteiger partial charge in [-0.3, -0.25) is 4.79 Å². The van der Waals surface area contributed by atoms with Crippen LogP contribution in [-0.2, 0) is 19.6 Å². The van der Waals surface area contributed by atoms with E-state index in [1.54, 1.807) is 19.1 Å². The molecule has 6 nitrogen and oxygen atoms in total. The second kappa shape index (κ2) is 8.62. The van der Waals surface area contributed by atoms with Crippen molar-refractivity contribution in [1.82, 2.24) is 4.41 Å². The fraction of sp³-hybridized carbons (Fsp3) is 0.263. The first-order chi connectivity index (χ1) is 12.3. The molecule has 0 heterocycles. The third-order valence-corrected chi connectivity index (χ3v) is 5.47. The van der Waals surface area contributed by atoms with Crippen molar-refractivity contribution < 1.29 is 17.9 Å². The molecule has 0 aromatic heterocycles. The molecule has 0 spiro atoms. The molecular formula is C19H22N2O4S. The highest BCUT2D eigenvalue weighted by atomic mass is 32.2. The normalized spacial score (nSPS) is 11.9. The zero-order chi connectivity index (χ0) is 19.2. The van der Waals surface area contributed by atoms with Gasteiger partial charge in [0.2, 0.25) is 0 Å². The average molecular weight is 374 g/mol. The number of hydrogen-bond donors (Lipinski definition) is 0. The van der Waals surface area contributed by atoms with Gasteiger partial charge in [0.15, 0.2) is 0 Å². The van der Waals surface area contributed by atoms with Gasteiger partial charge in [0.05, 0.1) is 30.7 Å². The Morgan fingerprint density at radius 1 is 1.08 bits per heavy atom. The van der Waals surface area contributed by atoms with E-state index < -0.39 is 16.0 Å². The number of hydrazone groups is 1. The molecule has 2 aromatic rings. The van der Waals surface area contributed by atoms with Crippen molar-refractivity contribution in [2.24, 2.45) is 5.10 Å². The second-order valence-corrected chi connectivity index (χ2v) is 7.58. The molecule has 2 aromatic carbocycles. The molecule has 0 radical (unpaired) electrons. The maximum absolute atomic E-state index is 13.0. The SMILES string of the molecule is COC(=O)CCN(N=C(C)c1ccccc1)S(=O)(=O)c1ccc(C)cc1. The number of carbonyl (C=O) groups is 1. The predicted octanol–water partition coefficient (Wildman–Crippen LogP) is 2.97. The highest BCUT2D eigenvalue weighted by Gasteiger charge is 2.24. The van der Waals surface area contributed by atoms with Crippen molar-refractivity contribution in [2.75, 3.05) is 13.7 Å². The molecule has 0 unspecified atom stereocenters. The number of ether oxygens (including phenoxy) is 1. The molecule has 0 fully saturated rings. The standard InChI is InChI=1S/C19H22N2O4S/c1-15-9-11-18(12-10-15)26(23,24)21(14-13-19(22)25-3)20-16(2)17-7-5-4-6-8-17/h4-12H,13-14H2,1-3H3. The Morgan fingerprint density at radius 3 is 2.27 bits per heavy atom. The number of nitrogens with zero attached hydrogens (tertiary/aromatic N) is 2. The smallest absolute Gasteiger partial charge is 0.307 e. The number of hydrogen-bond acceptors (Lipinski definition) is 5. The summed E-state index contributed by atoms with van der Waals surface area (Å²) >= 11 is 0. The Hall–Kier alpha value is -2.67. The van der Waals surface area contributed by atoms with Gasteiger partial charge in [-0.05, 0) is 31.5 Å². The van der Waals surface area contributed by atoms with E-state index in [0.717, 1.165) is 15.5 Å². The highest BCUT2D eigenvalue weighted by Crippen LogP contribution is 2.18. The second-order valence-electron chi connectivity index (χ2n) is 5.74. The van der Waals surface area contributed by atoms with Crippen molar-refractivity contribution in [3.05, 3.63) is 65.7 Å². The summed E-state index contributed by atoms with van der Waals surface area (Å²) in [4.78, 5) is 11.6. The summed E-state index contributed by atoms with van der Waals surface area (Å²) in [5.41, 5.74) is 2.29. The van der Waals surface area contributed by atoms with Crippen molar-refractivity contribution >= 4 is 21.7 Å². The van der Waals surface area contributed by atoms with E-state index in [4.69, 9.17) is 0 Å². The molecule has 0 N–H and O–H groups in total. The van der Waals surface area contributed by atoms with Crippen LogP contribution < -0.4 is 0 Å². The first kappa shape index (κ1) is 19.7. The summed E-state index contributed by atoms with van der Waals surface area (Å²) in [6, 6.07) is 15.8. The number of aryl methyl sites for hydroxylation is 1. The maximum atomic E-state index is 13.0. The van der Waals surface area contributed by atoms with Crippen molar-refractivity contribution in [1.29, 1.82) is 0 Å². The van der Waals surface area contributed by atoms with E-state index in [1.165, 1.54) is 19.2 Å². The van der Waals surface area contributed by atoms with Gasteiger partial charge in [0.1, 0.15) is 0 Å². The lowest BCUT2D eigenvalue weighted by molar-refractivity contribution is -0.140. The van der Waals surface area contributed by atoms with Crippen LogP contribution in [0, 0.1) is 6.92 Å². The molecule has 0 atom stereocenters. The number of methoxy groups -OCH3 is 1. The summed E-state index contributed by atoms with van der Waals surface area (Å²) in [5.74, 6) is -0.498. The Balaban J connectivity index is 2.39. The molecule has 2 rings (SSSR count). The summed E-state index contributed by atoms with van der Waals surface area (Å²) in [7, 11) is -2.62. The predicted molar refractivity (Wildman–Crippen MR) is 100 cm³/mol. The zero-order valence-corrected chi connectivity index (χ0v) is 15.9. The highest BCUT2D eigenvalue weighted by molar-refractivity contribution is 7.89. The maximum Gasteiger partial charge on any atom is 0.307 e. The van der Waals surface area contributed by atoms with Crippen molar-refractivity contribution in [3.63, 3.8) is 0 Å². The van der Waals surface area contributed by atoms with Crippen LogP contribution >= 0.6 is 0 Å². The number of esters is 1. The quantitative estimate of drug-likeness (QED) is 0.424. The average Bonchev–Trinajstić information content (AvgIpc) is 2.65. The summed E-state index contributed by atoms with van der Waals surface area (Å²) in [5, 5.41) is 4.28. The van der Waals surface area contributed by atoms with Crippen LogP contribution in [0.25, 0.3) is 0 Å². The lowest BCUT2D eigenvalue weighted by Crippen LogP contribution is -2.30. The molecular weight excluding hydrogens is 352 g/mol. The molecule has 26 heavy (non-hydrogen) atoms. The van der Waals surface area contributed by atoms with Crippen LogP contribution in [0.5, 0.6) is 0 Å². The summed E-state index contributed by atoms with van der Waals surface area (Å²) in [6.45, 7) is 3.50. The molecule has 0 aliphatic heterocycles. The largest absolute Gasteiger partial charge is 0.469 e. The monoisotopic (exact) mass is 374 g/mol. The topological polar surface area (TPSA) is 76.0 Å². The lowest BCUT2D eigenvalue weighted by Gasteiger charge is -2.20. The van der Waals surface area contributed by atoms with E-state index >= 15 is 0 Å². The first-order valence-corrected chi connectivity index (χ1v) is 9.55.